The monoisotopic (exact) mass is 321 g/mol. The molecule has 8 heteroatoms. The minimum atomic E-state index is -2.67. The zero-order chi connectivity index (χ0) is 15.0. The van der Waals surface area contributed by atoms with Crippen LogP contribution in [0.1, 0.15) is 0 Å². The minimum Gasteiger partial charge on any atom is -0.359 e. The Bertz CT molecular complexity index is 587. The van der Waals surface area contributed by atoms with E-state index in [-0.39, 0.29) is 31.3 Å². The minimum absolute atomic E-state index is 0.185. The maximum Gasteiger partial charge on any atom is 0.282 e. The second-order valence-electron chi connectivity index (χ2n) is 6.01. The molecule has 0 spiro atoms. The number of alkyl halides is 4. The lowest BCUT2D eigenvalue weighted by atomic mass is 10.1. The van der Waals surface area contributed by atoms with Crippen LogP contribution in [0, 0.1) is 11.8 Å². The quantitative estimate of drug-likeness (QED) is 0.617. The van der Waals surface area contributed by atoms with Gasteiger partial charge in [0.1, 0.15) is 11.0 Å². The van der Waals surface area contributed by atoms with E-state index in [2.05, 4.69) is 4.98 Å². The first-order valence-corrected chi connectivity index (χ1v) is 7.07. The number of hydrogen-bond acceptors (Lipinski definition) is 3. The fraction of sp³-hybridized carbons (Fsp3) is 0.615. The standard InChI is InChI=1S/C13H12ClF4N3/c14-10-1-7(21-5-12(15,16)6-21)2-11(19-10)20-3-8-9(4-20)13(8,17)18/h1-2,8-9H,3-6H2. The van der Waals surface area contributed by atoms with E-state index in [9.17, 15) is 17.6 Å². The Labute approximate surface area is 123 Å². The van der Waals surface area contributed by atoms with Crippen molar-refractivity contribution < 1.29 is 17.6 Å². The van der Waals surface area contributed by atoms with Gasteiger partial charge in [0.15, 0.2) is 0 Å². The Morgan fingerprint density at radius 3 is 2.24 bits per heavy atom. The summed E-state index contributed by atoms with van der Waals surface area (Å²) in [5.74, 6) is -5.98. The SMILES string of the molecule is FC1(F)CN(c2cc(Cl)nc(N3CC4C(C3)C4(F)F)c2)C1. The Morgan fingerprint density at radius 1 is 1.05 bits per heavy atom. The molecular weight excluding hydrogens is 310 g/mol. The molecule has 0 amide bonds. The van der Waals surface area contributed by atoms with E-state index >= 15 is 0 Å². The van der Waals surface area contributed by atoms with Gasteiger partial charge in [0.25, 0.3) is 11.8 Å². The third-order valence-electron chi connectivity index (χ3n) is 4.50. The van der Waals surface area contributed by atoms with Gasteiger partial charge >= 0.3 is 0 Å². The number of hydrogen-bond donors (Lipinski definition) is 0. The van der Waals surface area contributed by atoms with Gasteiger partial charge in [0.05, 0.1) is 24.9 Å². The summed E-state index contributed by atoms with van der Waals surface area (Å²) in [7, 11) is 0. The molecule has 21 heavy (non-hydrogen) atoms. The van der Waals surface area contributed by atoms with Crippen molar-refractivity contribution in [3.63, 3.8) is 0 Å². The lowest BCUT2D eigenvalue weighted by molar-refractivity contribution is -0.0262. The molecule has 2 aliphatic heterocycles. The molecule has 0 N–H and O–H groups in total. The summed E-state index contributed by atoms with van der Waals surface area (Å²) in [6, 6.07) is 3.16. The fourth-order valence-corrected chi connectivity index (χ4v) is 3.40. The lowest BCUT2D eigenvalue weighted by Gasteiger charge is -2.40. The molecule has 4 rings (SSSR count). The first-order chi connectivity index (χ1) is 9.76. The highest BCUT2D eigenvalue weighted by Crippen LogP contribution is 2.59. The van der Waals surface area contributed by atoms with Gasteiger partial charge in [-0.3, -0.25) is 0 Å². The third-order valence-corrected chi connectivity index (χ3v) is 4.69. The normalized spacial score (nSPS) is 31.9. The molecule has 1 aromatic rings. The van der Waals surface area contributed by atoms with Gasteiger partial charge in [0, 0.05) is 24.8 Å². The molecule has 3 nitrogen and oxygen atoms in total. The molecule has 3 fully saturated rings. The van der Waals surface area contributed by atoms with E-state index < -0.39 is 23.7 Å². The number of halogens is 5. The van der Waals surface area contributed by atoms with Crippen LogP contribution in [0.15, 0.2) is 12.1 Å². The summed E-state index contributed by atoms with van der Waals surface area (Å²) in [6.07, 6.45) is 0. The lowest BCUT2D eigenvalue weighted by Crippen LogP contribution is -2.56. The molecule has 2 unspecified atom stereocenters. The summed E-state index contributed by atoms with van der Waals surface area (Å²) in [6.45, 7) is -0.229. The van der Waals surface area contributed by atoms with Crippen LogP contribution < -0.4 is 9.80 Å². The average Bonchev–Trinajstić information content (AvgIpc) is 2.77. The van der Waals surface area contributed by atoms with Gasteiger partial charge in [0.2, 0.25) is 0 Å². The van der Waals surface area contributed by atoms with Crippen molar-refractivity contribution in [1.29, 1.82) is 0 Å². The molecule has 114 valence electrons. The maximum atomic E-state index is 13.2. The zero-order valence-corrected chi connectivity index (χ0v) is 11.6. The molecule has 1 aromatic heterocycles. The average molecular weight is 322 g/mol. The van der Waals surface area contributed by atoms with Crippen LogP contribution in [0.25, 0.3) is 0 Å². The molecule has 2 atom stereocenters. The van der Waals surface area contributed by atoms with E-state index in [4.69, 9.17) is 11.6 Å². The summed E-state index contributed by atoms with van der Waals surface area (Å²) in [4.78, 5) is 7.38. The van der Waals surface area contributed by atoms with Gasteiger partial charge in [-0.15, -0.1) is 0 Å². The third kappa shape index (κ3) is 2.05. The van der Waals surface area contributed by atoms with Crippen molar-refractivity contribution >= 4 is 23.1 Å². The molecule has 2 saturated heterocycles. The topological polar surface area (TPSA) is 19.4 Å². The van der Waals surface area contributed by atoms with Crippen molar-refractivity contribution in [3.8, 4) is 0 Å². The first-order valence-electron chi connectivity index (χ1n) is 6.69. The zero-order valence-electron chi connectivity index (χ0n) is 10.9. The van der Waals surface area contributed by atoms with Gasteiger partial charge in [-0.25, -0.2) is 22.5 Å². The van der Waals surface area contributed by atoms with E-state index in [1.807, 2.05) is 0 Å². The van der Waals surface area contributed by atoms with Crippen molar-refractivity contribution in [2.24, 2.45) is 11.8 Å². The molecule has 0 bridgehead atoms. The molecule has 0 aromatic carbocycles. The summed E-state index contributed by atoms with van der Waals surface area (Å²) in [5, 5.41) is 0.185. The van der Waals surface area contributed by atoms with Crippen molar-refractivity contribution in [3.05, 3.63) is 17.3 Å². The van der Waals surface area contributed by atoms with Crippen LogP contribution in [0.2, 0.25) is 5.15 Å². The summed E-state index contributed by atoms with van der Waals surface area (Å²) < 4.78 is 52.3. The molecule has 1 saturated carbocycles. The predicted molar refractivity (Wildman–Crippen MR) is 70.5 cm³/mol. The van der Waals surface area contributed by atoms with E-state index in [0.717, 1.165) is 0 Å². The molecule has 1 aliphatic carbocycles. The van der Waals surface area contributed by atoms with Crippen LogP contribution in [-0.4, -0.2) is 43.0 Å². The van der Waals surface area contributed by atoms with Crippen molar-refractivity contribution in [2.75, 3.05) is 36.0 Å². The summed E-state index contributed by atoms with van der Waals surface area (Å²) >= 11 is 5.93. The number of fused-ring (bicyclic) bond motifs is 1. The van der Waals surface area contributed by atoms with Crippen LogP contribution in [0.3, 0.4) is 0 Å². The van der Waals surface area contributed by atoms with E-state index in [0.29, 0.717) is 11.5 Å². The largest absolute Gasteiger partial charge is 0.359 e. The highest BCUT2D eigenvalue weighted by atomic mass is 35.5. The van der Waals surface area contributed by atoms with E-state index in [1.54, 1.807) is 11.0 Å². The molecule has 3 aliphatic rings. The molecule has 0 radical (unpaired) electrons. The smallest absolute Gasteiger partial charge is 0.282 e. The van der Waals surface area contributed by atoms with Crippen molar-refractivity contribution in [2.45, 2.75) is 11.8 Å². The number of anilines is 2. The summed E-state index contributed by atoms with van der Waals surface area (Å²) in [5.41, 5.74) is 0.559. The maximum absolute atomic E-state index is 13.2. The number of nitrogens with zero attached hydrogens (tertiary/aromatic N) is 3. The van der Waals surface area contributed by atoms with Gasteiger partial charge in [-0.2, -0.15) is 0 Å². The van der Waals surface area contributed by atoms with Crippen LogP contribution in [-0.2, 0) is 0 Å². The number of aromatic nitrogens is 1. The second kappa shape index (κ2) is 3.94. The van der Waals surface area contributed by atoms with Crippen LogP contribution >= 0.6 is 11.6 Å². The number of pyridine rings is 1. The molecule has 3 heterocycles. The second-order valence-corrected chi connectivity index (χ2v) is 6.40. The van der Waals surface area contributed by atoms with Crippen LogP contribution in [0.5, 0.6) is 0 Å². The fourth-order valence-electron chi connectivity index (χ4n) is 3.20. The highest BCUT2D eigenvalue weighted by Gasteiger charge is 2.71. The Morgan fingerprint density at radius 2 is 1.67 bits per heavy atom. The van der Waals surface area contributed by atoms with Gasteiger partial charge < -0.3 is 9.80 Å². The Hall–Kier alpha value is -1.24. The van der Waals surface area contributed by atoms with Crippen molar-refractivity contribution in [1.82, 2.24) is 4.98 Å². The number of piperidine rings is 1. The Balaban J connectivity index is 1.53. The first kappa shape index (κ1) is 13.4. The Kier molecular flexibility index (Phi) is 2.52. The number of rotatable bonds is 2. The van der Waals surface area contributed by atoms with Gasteiger partial charge in [-0.1, -0.05) is 11.6 Å². The van der Waals surface area contributed by atoms with E-state index in [1.165, 1.54) is 11.0 Å². The predicted octanol–water partition coefficient (Wildman–Crippen LogP) is 2.89. The van der Waals surface area contributed by atoms with Crippen LogP contribution in [0.4, 0.5) is 29.1 Å². The molecular formula is C13H12ClF4N3. The van der Waals surface area contributed by atoms with Gasteiger partial charge in [-0.05, 0) is 6.07 Å². The highest BCUT2D eigenvalue weighted by molar-refractivity contribution is 6.29.